The fraction of sp³-hybridized carbons (Fsp3) is 0.333. The number of hydrogen-bond acceptors (Lipinski definition) is 2. The maximum absolute atomic E-state index is 12.7. The molecule has 1 N–H and O–H groups in total. The molecule has 2 aromatic rings. The summed E-state index contributed by atoms with van der Waals surface area (Å²) < 4.78 is 44.0. The monoisotopic (exact) mass is 361 g/mol. The Balaban J connectivity index is 2.01. The molecule has 1 atom stereocenters. The van der Waals surface area contributed by atoms with Crippen LogP contribution in [-0.2, 0) is 12.6 Å². The van der Waals surface area contributed by atoms with Crippen molar-refractivity contribution in [1.29, 1.82) is 0 Å². The Hall–Kier alpha value is -1.43. The summed E-state index contributed by atoms with van der Waals surface area (Å²) in [6, 6.07) is 7.31. The van der Waals surface area contributed by atoms with Crippen molar-refractivity contribution >= 4 is 21.6 Å². The fourth-order valence-corrected chi connectivity index (χ4v) is 2.32. The quantitative estimate of drug-likeness (QED) is 0.761. The third kappa shape index (κ3) is 4.52. The first-order chi connectivity index (χ1) is 9.86. The van der Waals surface area contributed by atoms with Crippen LogP contribution in [-0.4, -0.2) is 6.04 Å². The minimum Gasteiger partial charge on any atom is -0.469 e. The molecule has 1 aromatic heterocycles. The Labute approximate surface area is 129 Å². The highest BCUT2D eigenvalue weighted by Gasteiger charge is 2.31. The molecule has 0 fully saturated rings. The maximum atomic E-state index is 12.7. The van der Waals surface area contributed by atoms with E-state index in [-0.39, 0.29) is 6.04 Å². The van der Waals surface area contributed by atoms with Crippen LogP contribution in [0.2, 0.25) is 0 Å². The van der Waals surface area contributed by atoms with Gasteiger partial charge in [0.1, 0.15) is 5.76 Å². The summed E-state index contributed by atoms with van der Waals surface area (Å²) in [6.45, 7) is 1.93. The van der Waals surface area contributed by atoms with Gasteiger partial charge in [0.25, 0.3) is 0 Å². The van der Waals surface area contributed by atoms with Gasteiger partial charge in [-0.25, -0.2) is 0 Å². The van der Waals surface area contributed by atoms with Crippen molar-refractivity contribution in [3.63, 3.8) is 0 Å². The van der Waals surface area contributed by atoms with E-state index in [1.54, 1.807) is 6.26 Å². The molecular formula is C15H15BrF3NO. The van der Waals surface area contributed by atoms with Crippen LogP contribution < -0.4 is 5.32 Å². The van der Waals surface area contributed by atoms with Crippen molar-refractivity contribution < 1.29 is 17.6 Å². The molecular weight excluding hydrogens is 347 g/mol. The van der Waals surface area contributed by atoms with Gasteiger partial charge in [-0.3, -0.25) is 0 Å². The molecule has 2 nitrogen and oxygen atoms in total. The van der Waals surface area contributed by atoms with Crippen molar-refractivity contribution in [2.24, 2.45) is 0 Å². The molecule has 0 spiro atoms. The minimum atomic E-state index is -4.34. The van der Waals surface area contributed by atoms with E-state index in [2.05, 4.69) is 21.2 Å². The number of alkyl halides is 3. The first kappa shape index (κ1) is 15.9. The number of aryl methyl sites for hydroxylation is 1. The Morgan fingerprint density at radius 2 is 2.05 bits per heavy atom. The third-order valence-corrected chi connectivity index (χ3v) is 3.79. The number of rotatable bonds is 5. The van der Waals surface area contributed by atoms with Crippen LogP contribution in [0.25, 0.3) is 0 Å². The summed E-state index contributed by atoms with van der Waals surface area (Å²) in [7, 11) is 0. The third-order valence-electron chi connectivity index (χ3n) is 3.10. The molecule has 0 bridgehead atoms. The first-order valence-electron chi connectivity index (χ1n) is 6.52. The second kappa shape index (κ2) is 6.56. The van der Waals surface area contributed by atoms with Crippen LogP contribution in [0.1, 0.15) is 24.7 Å². The van der Waals surface area contributed by atoms with Gasteiger partial charge >= 0.3 is 6.18 Å². The van der Waals surface area contributed by atoms with Gasteiger partial charge in [-0.1, -0.05) is 0 Å². The van der Waals surface area contributed by atoms with Crippen molar-refractivity contribution in [2.45, 2.75) is 32.0 Å². The largest absolute Gasteiger partial charge is 0.469 e. The van der Waals surface area contributed by atoms with Crippen LogP contribution in [0.4, 0.5) is 18.9 Å². The lowest BCUT2D eigenvalue weighted by molar-refractivity contribution is -0.137. The van der Waals surface area contributed by atoms with Crippen molar-refractivity contribution in [3.8, 4) is 0 Å². The van der Waals surface area contributed by atoms with Gasteiger partial charge in [0.05, 0.1) is 11.8 Å². The molecule has 0 saturated carbocycles. The molecule has 0 radical (unpaired) electrons. The molecule has 114 valence electrons. The SMILES string of the molecule is CC(CCc1ccco1)Nc1cc(C(F)(F)F)ccc1Br. The summed E-state index contributed by atoms with van der Waals surface area (Å²) in [5.74, 6) is 0.867. The van der Waals surface area contributed by atoms with Gasteiger partial charge in [-0.15, -0.1) is 0 Å². The van der Waals surface area contributed by atoms with Crippen LogP contribution >= 0.6 is 15.9 Å². The van der Waals surface area contributed by atoms with E-state index in [0.29, 0.717) is 10.2 Å². The summed E-state index contributed by atoms with van der Waals surface area (Å²) in [4.78, 5) is 0. The number of halogens is 4. The average Bonchev–Trinajstić information content (AvgIpc) is 2.91. The number of anilines is 1. The Bertz CT molecular complexity index is 581. The van der Waals surface area contributed by atoms with E-state index < -0.39 is 11.7 Å². The van der Waals surface area contributed by atoms with Crippen molar-refractivity contribution in [3.05, 3.63) is 52.4 Å². The Morgan fingerprint density at radius 1 is 1.29 bits per heavy atom. The van der Waals surface area contributed by atoms with E-state index in [4.69, 9.17) is 4.42 Å². The van der Waals surface area contributed by atoms with Crippen molar-refractivity contribution in [2.75, 3.05) is 5.32 Å². The Kier molecular flexibility index (Phi) is 4.98. The fourth-order valence-electron chi connectivity index (χ4n) is 1.96. The molecule has 0 aliphatic carbocycles. The standard InChI is InChI=1S/C15H15BrF3NO/c1-10(4-6-12-3-2-8-21-12)20-14-9-11(15(17,18)19)5-7-13(14)16/h2-3,5,7-10,20H,4,6H2,1H3. The van der Waals surface area contributed by atoms with Gasteiger partial charge in [0, 0.05) is 22.6 Å². The zero-order chi connectivity index (χ0) is 15.5. The second-order valence-corrected chi connectivity index (χ2v) is 5.71. The Morgan fingerprint density at radius 3 is 2.67 bits per heavy atom. The first-order valence-corrected chi connectivity index (χ1v) is 7.31. The zero-order valence-corrected chi connectivity index (χ0v) is 13.0. The van der Waals surface area contributed by atoms with Gasteiger partial charge < -0.3 is 9.73 Å². The lowest BCUT2D eigenvalue weighted by Gasteiger charge is -2.17. The van der Waals surface area contributed by atoms with Crippen molar-refractivity contribution in [1.82, 2.24) is 0 Å². The number of benzene rings is 1. The number of furan rings is 1. The molecule has 1 aromatic carbocycles. The highest BCUT2D eigenvalue weighted by molar-refractivity contribution is 9.10. The lowest BCUT2D eigenvalue weighted by atomic mass is 10.1. The molecule has 1 heterocycles. The van der Waals surface area contributed by atoms with E-state index in [0.717, 1.165) is 30.7 Å². The summed E-state index contributed by atoms with van der Waals surface area (Å²) in [6.07, 6.45) is -1.24. The van der Waals surface area contributed by atoms with Crippen LogP contribution in [0.5, 0.6) is 0 Å². The van der Waals surface area contributed by atoms with Gasteiger partial charge in [0.15, 0.2) is 0 Å². The predicted octanol–water partition coefficient (Wildman–Crippen LogP) is 5.49. The van der Waals surface area contributed by atoms with Gasteiger partial charge in [-0.2, -0.15) is 13.2 Å². The highest BCUT2D eigenvalue weighted by atomic mass is 79.9. The summed E-state index contributed by atoms with van der Waals surface area (Å²) in [5.41, 5.74) is -0.219. The van der Waals surface area contributed by atoms with E-state index in [9.17, 15) is 13.2 Å². The van der Waals surface area contributed by atoms with Gasteiger partial charge in [0.2, 0.25) is 0 Å². The predicted molar refractivity (Wildman–Crippen MR) is 79.3 cm³/mol. The average molecular weight is 362 g/mol. The number of hydrogen-bond donors (Lipinski definition) is 1. The molecule has 6 heteroatoms. The van der Waals surface area contributed by atoms with E-state index in [1.807, 2.05) is 19.1 Å². The van der Waals surface area contributed by atoms with Crippen LogP contribution in [0.3, 0.4) is 0 Å². The number of nitrogens with one attached hydrogen (secondary N) is 1. The normalized spacial score (nSPS) is 13.2. The molecule has 2 rings (SSSR count). The second-order valence-electron chi connectivity index (χ2n) is 4.86. The molecule has 0 amide bonds. The van der Waals surface area contributed by atoms with E-state index in [1.165, 1.54) is 6.07 Å². The van der Waals surface area contributed by atoms with Crippen LogP contribution in [0, 0.1) is 0 Å². The lowest BCUT2D eigenvalue weighted by Crippen LogP contribution is -2.17. The molecule has 0 aliphatic rings. The topological polar surface area (TPSA) is 25.2 Å². The molecule has 1 unspecified atom stereocenters. The minimum absolute atomic E-state index is 0.0230. The summed E-state index contributed by atoms with van der Waals surface area (Å²) in [5, 5.41) is 3.10. The smallest absolute Gasteiger partial charge is 0.416 e. The molecule has 0 saturated heterocycles. The highest BCUT2D eigenvalue weighted by Crippen LogP contribution is 2.34. The molecule has 0 aliphatic heterocycles. The van der Waals surface area contributed by atoms with Gasteiger partial charge in [-0.05, 0) is 59.6 Å². The zero-order valence-electron chi connectivity index (χ0n) is 11.4. The summed E-state index contributed by atoms with van der Waals surface area (Å²) >= 11 is 3.27. The van der Waals surface area contributed by atoms with E-state index >= 15 is 0 Å². The van der Waals surface area contributed by atoms with Crippen LogP contribution in [0.15, 0.2) is 45.5 Å². The molecule has 21 heavy (non-hydrogen) atoms. The maximum Gasteiger partial charge on any atom is 0.416 e.